The maximum absolute atomic E-state index is 11.7. The van der Waals surface area contributed by atoms with Gasteiger partial charge in [-0.05, 0) is 57.0 Å². The normalized spacial score (nSPS) is 17.5. The van der Waals surface area contributed by atoms with Crippen molar-refractivity contribution in [2.45, 2.75) is 31.8 Å². The first-order valence-corrected chi connectivity index (χ1v) is 10.4. The molecule has 0 saturated heterocycles. The number of quaternary nitrogens is 1. The van der Waals surface area contributed by atoms with E-state index in [1.54, 1.807) is 11.9 Å². The number of aryl methyl sites for hydroxylation is 1. The third-order valence-electron chi connectivity index (χ3n) is 4.29. The monoisotopic (exact) mass is 426 g/mol. The van der Waals surface area contributed by atoms with Gasteiger partial charge in [0, 0.05) is 22.3 Å². The molecular formula is C20H24N7O2S+. The van der Waals surface area contributed by atoms with Crippen LogP contribution in [0.15, 0.2) is 64.6 Å². The first kappa shape index (κ1) is 20.0. The van der Waals surface area contributed by atoms with Crippen molar-refractivity contribution in [1.29, 1.82) is 0 Å². The van der Waals surface area contributed by atoms with Crippen LogP contribution in [-0.4, -0.2) is 39.1 Å². The SMILES string of the molecule is Cc1cc(NC2=CN(Sc3ccc(NC(=O)OC(C)C)cc3)CC3=NC=C[NH+]23)n[nH]1. The number of carbonyl (C=O) groups excluding carboxylic acids is 1. The lowest BCUT2D eigenvalue weighted by Gasteiger charge is -2.27. The first-order chi connectivity index (χ1) is 14.5. The quantitative estimate of drug-likeness (QED) is 0.530. The molecule has 1 amide bonds. The van der Waals surface area contributed by atoms with Gasteiger partial charge in [-0.3, -0.25) is 20.0 Å². The molecular weight excluding hydrogens is 402 g/mol. The molecule has 10 heteroatoms. The van der Waals surface area contributed by atoms with Gasteiger partial charge in [0.05, 0.1) is 18.5 Å². The number of aromatic amines is 1. The summed E-state index contributed by atoms with van der Waals surface area (Å²) in [4.78, 5) is 18.3. The Morgan fingerprint density at radius 1 is 1.33 bits per heavy atom. The number of anilines is 2. The molecule has 0 saturated carbocycles. The minimum atomic E-state index is -0.455. The van der Waals surface area contributed by atoms with Gasteiger partial charge in [0.15, 0.2) is 5.82 Å². The Balaban J connectivity index is 1.44. The fraction of sp³-hybridized carbons (Fsp3) is 0.250. The highest BCUT2D eigenvalue weighted by Crippen LogP contribution is 2.26. The third-order valence-corrected chi connectivity index (χ3v) is 5.24. The molecule has 0 spiro atoms. The topological polar surface area (TPSA) is 99.1 Å². The summed E-state index contributed by atoms with van der Waals surface area (Å²) in [6.07, 6.45) is 5.27. The standard InChI is InChI=1S/C20H23N7O2S/c1-13(2)29-20(28)22-15-4-6-16(7-5-15)30-26-11-18-21-8-9-27(18)19(12-26)23-17-10-14(3)24-25-17/h4-10,12-13H,11H2,1-3H3,(H,22,28)(H2,23,24,25)/p+1. The predicted molar refractivity (Wildman–Crippen MR) is 117 cm³/mol. The molecule has 2 aliphatic heterocycles. The van der Waals surface area contributed by atoms with Gasteiger partial charge in [-0.2, -0.15) is 5.10 Å². The zero-order chi connectivity index (χ0) is 21.1. The predicted octanol–water partition coefficient (Wildman–Crippen LogP) is 2.68. The van der Waals surface area contributed by atoms with Gasteiger partial charge in [0.2, 0.25) is 11.7 Å². The Kier molecular flexibility index (Phi) is 5.77. The molecule has 1 atom stereocenters. The van der Waals surface area contributed by atoms with Crippen molar-refractivity contribution in [3.63, 3.8) is 0 Å². The van der Waals surface area contributed by atoms with Crippen LogP contribution in [0.1, 0.15) is 19.5 Å². The maximum Gasteiger partial charge on any atom is 0.411 e. The number of amides is 1. The van der Waals surface area contributed by atoms with Crippen molar-refractivity contribution in [2.75, 3.05) is 17.2 Å². The van der Waals surface area contributed by atoms with Gasteiger partial charge in [-0.25, -0.2) is 14.7 Å². The van der Waals surface area contributed by atoms with Crippen molar-refractivity contribution in [2.24, 2.45) is 4.99 Å². The Hall–Kier alpha value is -3.24. The van der Waals surface area contributed by atoms with Crippen molar-refractivity contribution in [3.05, 3.63) is 60.4 Å². The number of ether oxygens (including phenoxy) is 1. The summed E-state index contributed by atoms with van der Waals surface area (Å²) >= 11 is 1.59. The molecule has 0 fully saturated rings. The second kappa shape index (κ2) is 8.64. The molecule has 1 aromatic heterocycles. The number of benzene rings is 1. The Morgan fingerprint density at radius 2 is 2.13 bits per heavy atom. The molecule has 3 heterocycles. The smallest absolute Gasteiger partial charge is 0.411 e. The molecule has 2 aromatic rings. The molecule has 2 aliphatic rings. The van der Waals surface area contributed by atoms with Crippen molar-refractivity contribution in [1.82, 2.24) is 14.5 Å². The molecule has 30 heavy (non-hydrogen) atoms. The molecule has 4 N–H and O–H groups in total. The minimum absolute atomic E-state index is 0.159. The number of fused-ring (bicyclic) bond motifs is 1. The van der Waals surface area contributed by atoms with Crippen LogP contribution < -0.4 is 15.5 Å². The lowest BCUT2D eigenvalue weighted by Crippen LogP contribution is -3.10. The van der Waals surface area contributed by atoms with Gasteiger partial charge in [-0.15, -0.1) is 0 Å². The van der Waals surface area contributed by atoms with Crippen LogP contribution >= 0.6 is 11.9 Å². The second-order valence-corrected chi connectivity index (χ2v) is 8.30. The van der Waals surface area contributed by atoms with Crippen LogP contribution in [0.5, 0.6) is 0 Å². The number of aliphatic imine (C=N–C) groups is 1. The van der Waals surface area contributed by atoms with Crippen molar-refractivity contribution >= 4 is 35.4 Å². The van der Waals surface area contributed by atoms with Gasteiger partial charge in [0.1, 0.15) is 12.7 Å². The molecule has 1 unspecified atom stereocenters. The fourth-order valence-corrected chi connectivity index (χ4v) is 3.89. The summed E-state index contributed by atoms with van der Waals surface area (Å²) < 4.78 is 7.22. The van der Waals surface area contributed by atoms with E-state index in [0.29, 0.717) is 12.2 Å². The van der Waals surface area contributed by atoms with Crippen LogP contribution in [0.2, 0.25) is 0 Å². The summed E-state index contributed by atoms with van der Waals surface area (Å²) in [5.74, 6) is 2.72. The highest BCUT2D eigenvalue weighted by molar-refractivity contribution is 7.97. The van der Waals surface area contributed by atoms with E-state index in [9.17, 15) is 4.79 Å². The average molecular weight is 427 g/mol. The van der Waals surface area contributed by atoms with Gasteiger partial charge in [0.25, 0.3) is 0 Å². The van der Waals surface area contributed by atoms with Gasteiger partial charge < -0.3 is 4.74 Å². The number of rotatable bonds is 6. The van der Waals surface area contributed by atoms with Crippen LogP contribution in [0, 0.1) is 6.92 Å². The van der Waals surface area contributed by atoms with Gasteiger partial charge in [-0.1, -0.05) is 0 Å². The lowest BCUT2D eigenvalue weighted by molar-refractivity contribution is -0.699. The first-order valence-electron chi connectivity index (χ1n) is 9.60. The van der Waals surface area contributed by atoms with E-state index in [-0.39, 0.29) is 6.10 Å². The van der Waals surface area contributed by atoms with Crippen LogP contribution in [0.3, 0.4) is 0 Å². The number of amidine groups is 1. The summed E-state index contributed by atoms with van der Waals surface area (Å²) in [6, 6.07) is 9.59. The van der Waals surface area contributed by atoms with Crippen molar-refractivity contribution in [3.8, 4) is 0 Å². The van der Waals surface area contributed by atoms with Crippen molar-refractivity contribution < 1.29 is 14.4 Å². The maximum atomic E-state index is 11.7. The summed E-state index contributed by atoms with van der Waals surface area (Å²) in [7, 11) is 0. The van der Waals surface area contributed by atoms with E-state index in [1.165, 1.54) is 0 Å². The molecule has 9 nitrogen and oxygen atoms in total. The number of aromatic nitrogens is 2. The highest BCUT2D eigenvalue weighted by Gasteiger charge is 2.32. The average Bonchev–Trinajstić information content (AvgIpc) is 3.31. The Labute approximate surface area is 179 Å². The van der Waals surface area contributed by atoms with E-state index in [1.807, 2.05) is 63.5 Å². The molecule has 0 radical (unpaired) electrons. The minimum Gasteiger partial charge on any atom is -0.447 e. The van der Waals surface area contributed by atoms with E-state index in [2.05, 4.69) is 36.3 Å². The van der Waals surface area contributed by atoms with E-state index < -0.39 is 6.09 Å². The zero-order valence-corrected chi connectivity index (χ0v) is 17.8. The summed E-state index contributed by atoms with van der Waals surface area (Å²) in [5.41, 5.74) is 1.68. The number of nitrogens with zero attached hydrogens (tertiary/aromatic N) is 3. The van der Waals surface area contributed by atoms with E-state index in [4.69, 9.17) is 4.74 Å². The lowest BCUT2D eigenvalue weighted by atomic mass is 10.3. The number of H-pyrrole nitrogens is 1. The number of carbonyl (C=O) groups is 1. The molecule has 0 bridgehead atoms. The summed E-state index contributed by atoms with van der Waals surface area (Å²) in [6.45, 7) is 6.29. The number of nitrogens with one attached hydrogen (secondary N) is 4. The van der Waals surface area contributed by atoms with Crippen LogP contribution in [0.25, 0.3) is 0 Å². The Bertz CT molecular complexity index is 1010. The third kappa shape index (κ3) is 4.84. The fourth-order valence-electron chi connectivity index (χ4n) is 3.02. The molecule has 0 aliphatic carbocycles. The Morgan fingerprint density at radius 3 is 2.83 bits per heavy atom. The van der Waals surface area contributed by atoms with Gasteiger partial charge >= 0.3 is 6.09 Å². The van der Waals surface area contributed by atoms with E-state index >= 15 is 0 Å². The zero-order valence-electron chi connectivity index (χ0n) is 17.0. The number of hydrogen-bond donors (Lipinski definition) is 4. The second-order valence-electron chi connectivity index (χ2n) is 7.18. The largest absolute Gasteiger partial charge is 0.447 e. The molecule has 4 rings (SSSR count). The summed E-state index contributed by atoms with van der Waals surface area (Å²) in [5, 5.41) is 13.3. The molecule has 1 aromatic carbocycles. The number of hydrogen-bond acceptors (Lipinski definition) is 7. The van der Waals surface area contributed by atoms with Crippen LogP contribution in [0.4, 0.5) is 16.3 Å². The van der Waals surface area contributed by atoms with Crippen LogP contribution in [-0.2, 0) is 4.74 Å². The molecule has 156 valence electrons. The van der Waals surface area contributed by atoms with E-state index in [0.717, 1.165) is 33.0 Å². The highest BCUT2D eigenvalue weighted by atomic mass is 32.2.